The van der Waals surface area contributed by atoms with E-state index in [0.717, 1.165) is 32.2 Å². The maximum Gasteiger partial charge on any atom is 0.222 e. The van der Waals surface area contributed by atoms with Gasteiger partial charge in [-0.2, -0.15) is 0 Å². The molecule has 1 amide bonds. The van der Waals surface area contributed by atoms with Crippen LogP contribution in [0.15, 0.2) is 0 Å². The van der Waals surface area contributed by atoms with Gasteiger partial charge in [-0.15, -0.1) is 0 Å². The number of amides is 1. The molecule has 106 valence electrons. The number of hydrogen-bond acceptors (Lipinski definition) is 4. The zero-order valence-electron chi connectivity index (χ0n) is 11.3. The Morgan fingerprint density at radius 2 is 2.11 bits per heavy atom. The van der Waals surface area contributed by atoms with Gasteiger partial charge >= 0.3 is 0 Å². The fourth-order valence-electron chi connectivity index (χ4n) is 2.19. The average molecular weight is 258 g/mol. The molecule has 1 rings (SSSR count). The lowest BCUT2D eigenvalue weighted by atomic mass is 10.1. The second-order valence-corrected chi connectivity index (χ2v) is 4.99. The van der Waals surface area contributed by atoms with E-state index in [9.17, 15) is 4.79 Å². The second-order valence-electron chi connectivity index (χ2n) is 4.99. The van der Waals surface area contributed by atoms with Crippen molar-refractivity contribution >= 4 is 5.91 Å². The molecule has 2 atom stereocenters. The van der Waals surface area contributed by atoms with Crippen LogP contribution < -0.4 is 5.73 Å². The Balaban J connectivity index is 2.26. The van der Waals surface area contributed by atoms with Gasteiger partial charge in [0, 0.05) is 13.0 Å². The van der Waals surface area contributed by atoms with Crippen LogP contribution in [0.1, 0.15) is 39.0 Å². The van der Waals surface area contributed by atoms with Crippen LogP contribution in [0.3, 0.4) is 0 Å². The topological polar surface area (TPSA) is 75.8 Å². The SMILES string of the molecule is CC1COC(CO)CN1C(=O)CCCCCCN. The highest BCUT2D eigenvalue weighted by Crippen LogP contribution is 2.14. The lowest BCUT2D eigenvalue weighted by molar-refractivity contribution is -0.146. The van der Waals surface area contributed by atoms with Crippen molar-refractivity contribution in [2.75, 3.05) is 26.3 Å². The number of ether oxygens (including phenoxy) is 1. The molecule has 0 radical (unpaired) electrons. The lowest BCUT2D eigenvalue weighted by Gasteiger charge is -2.37. The van der Waals surface area contributed by atoms with Crippen molar-refractivity contribution < 1.29 is 14.6 Å². The average Bonchev–Trinajstić information content (AvgIpc) is 2.39. The Bertz CT molecular complexity index is 248. The van der Waals surface area contributed by atoms with Gasteiger partial charge in [0.15, 0.2) is 0 Å². The smallest absolute Gasteiger partial charge is 0.222 e. The van der Waals surface area contributed by atoms with E-state index >= 15 is 0 Å². The number of morpholine rings is 1. The number of unbranched alkanes of at least 4 members (excludes halogenated alkanes) is 3. The van der Waals surface area contributed by atoms with E-state index < -0.39 is 0 Å². The molecule has 0 bridgehead atoms. The molecule has 0 aromatic carbocycles. The molecule has 0 aromatic rings. The van der Waals surface area contributed by atoms with Crippen LogP contribution in [-0.2, 0) is 9.53 Å². The van der Waals surface area contributed by atoms with E-state index in [1.54, 1.807) is 0 Å². The quantitative estimate of drug-likeness (QED) is 0.652. The molecule has 0 spiro atoms. The number of nitrogens with two attached hydrogens (primary N) is 1. The molecule has 2 unspecified atom stereocenters. The van der Waals surface area contributed by atoms with E-state index in [2.05, 4.69) is 0 Å². The minimum Gasteiger partial charge on any atom is -0.394 e. The Morgan fingerprint density at radius 3 is 2.78 bits per heavy atom. The summed E-state index contributed by atoms with van der Waals surface area (Å²) in [6, 6.07) is 0.115. The summed E-state index contributed by atoms with van der Waals surface area (Å²) in [7, 11) is 0. The fourth-order valence-corrected chi connectivity index (χ4v) is 2.19. The summed E-state index contributed by atoms with van der Waals surface area (Å²) >= 11 is 0. The van der Waals surface area contributed by atoms with E-state index in [4.69, 9.17) is 15.6 Å². The number of aliphatic hydroxyl groups excluding tert-OH is 1. The highest BCUT2D eigenvalue weighted by atomic mass is 16.5. The van der Waals surface area contributed by atoms with E-state index in [1.807, 2.05) is 11.8 Å². The first kappa shape index (κ1) is 15.4. The summed E-state index contributed by atoms with van der Waals surface area (Å²) in [5.41, 5.74) is 5.42. The normalized spacial score (nSPS) is 24.3. The number of carbonyl (C=O) groups excluding carboxylic acids is 1. The molecule has 5 heteroatoms. The standard InChI is InChI=1S/C13H26N2O3/c1-11-10-18-12(9-16)8-15(11)13(17)6-4-2-3-5-7-14/h11-12,16H,2-10,14H2,1H3. The van der Waals surface area contributed by atoms with Crippen LogP contribution in [0.25, 0.3) is 0 Å². The third-order valence-corrected chi connectivity index (χ3v) is 3.37. The van der Waals surface area contributed by atoms with Crippen LogP contribution in [0.2, 0.25) is 0 Å². The number of carbonyl (C=O) groups is 1. The second kappa shape index (κ2) is 8.45. The van der Waals surface area contributed by atoms with Crippen LogP contribution in [0.5, 0.6) is 0 Å². The Morgan fingerprint density at radius 1 is 1.39 bits per heavy atom. The van der Waals surface area contributed by atoms with Gasteiger partial charge < -0.3 is 20.5 Å². The number of nitrogens with zero attached hydrogens (tertiary/aromatic N) is 1. The van der Waals surface area contributed by atoms with Gasteiger partial charge in [0.25, 0.3) is 0 Å². The van der Waals surface area contributed by atoms with Crippen LogP contribution in [0.4, 0.5) is 0 Å². The van der Waals surface area contributed by atoms with Gasteiger partial charge in [0.05, 0.1) is 25.4 Å². The summed E-state index contributed by atoms with van der Waals surface area (Å²) in [4.78, 5) is 13.9. The molecule has 5 nitrogen and oxygen atoms in total. The van der Waals surface area contributed by atoms with Gasteiger partial charge in [0.1, 0.15) is 0 Å². The molecule has 1 aliphatic rings. The highest BCUT2D eigenvalue weighted by Gasteiger charge is 2.28. The zero-order valence-corrected chi connectivity index (χ0v) is 11.3. The van der Waals surface area contributed by atoms with E-state index in [-0.39, 0.29) is 24.7 Å². The van der Waals surface area contributed by atoms with Gasteiger partial charge in [0.2, 0.25) is 5.91 Å². The minimum absolute atomic E-state index is 0.0208. The summed E-state index contributed by atoms with van der Waals surface area (Å²) in [6.45, 7) is 3.73. The lowest BCUT2D eigenvalue weighted by Crippen LogP contribution is -2.51. The molecule has 1 aliphatic heterocycles. The molecule has 18 heavy (non-hydrogen) atoms. The first-order valence-corrected chi connectivity index (χ1v) is 6.91. The van der Waals surface area contributed by atoms with Crippen molar-refractivity contribution in [3.63, 3.8) is 0 Å². The first-order valence-electron chi connectivity index (χ1n) is 6.91. The van der Waals surface area contributed by atoms with Gasteiger partial charge in [-0.05, 0) is 26.3 Å². The Hall–Kier alpha value is -0.650. The predicted octanol–water partition coefficient (Wildman–Crippen LogP) is 0.504. The van der Waals surface area contributed by atoms with Crippen molar-refractivity contribution in [3.8, 4) is 0 Å². The molecule has 3 N–H and O–H groups in total. The molecule has 0 aromatic heterocycles. The maximum atomic E-state index is 12.1. The van der Waals surface area contributed by atoms with Gasteiger partial charge in [-0.25, -0.2) is 0 Å². The van der Waals surface area contributed by atoms with E-state index in [1.165, 1.54) is 0 Å². The third kappa shape index (κ3) is 4.92. The summed E-state index contributed by atoms with van der Waals surface area (Å²) in [5, 5.41) is 9.08. The molecule has 1 fully saturated rings. The fraction of sp³-hybridized carbons (Fsp3) is 0.923. The summed E-state index contributed by atoms with van der Waals surface area (Å²) in [6.07, 6.45) is 4.49. The number of rotatable bonds is 7. The number of aliphatic hydroxyl groups is 1. The van der Waals surface area contributed by atoms with Gasteiger partial charge in [-0.1, -0.05) is 12.8 Å². The largest absolute Gasteiger partial charge is 0.394 e. The third-order valence-electron chi connectivity index (χ3n) is 3.37. The predicted molar refractivity (Wildman–Crippen MR) is 70.1 cm³/mol. The van der Waals surface area contributed by atoms with Crippen LogP contribution in [-0.4, -0.2) is 54.4 Å². The molecular weight excluding hydrogens is 232 g/mol. The van der Waals surface area contributed by atoms with Crippen molar-refractivity contribution in [2.24, 2.45) is 5.73 Å². The maximum absolute atomic E-state index is 12.1. The van der Waals surface area contributed by atoms with Gasteiger partial charge in [-0.3, -0.25) is 4.79 Å². The molecule has 1 heterocycles. The van der Waals surface area contributed by atoms with Crippen molar-refractivity contribution in [1.82, 2.24) is 4.90 Å². The Kier molecular flexibility index (Phi) is 7.23. The van der Waals surface area contributed by atoms with Crippen molar-refractivity contribution in [3.05, 3.63) is 0 Å². The summed E-state index contributed by atoms with van der Waals surface area (Å²) < 4.78 is 5.42. The number of hydrogen-bond donors (Lipinski definition) is 2. The minimum atomic E-state index is -0.220. The Labute approximate surface area is 109 Å². The van der Waals surface area contributed by atoms with Crippen LogP contribution in [0, 0.1) is 0 Å². The zero-order chi connectivity index (χ0) is 13.4. The molecule has 1 saturated heterocycles. The van der Waals surface area contributed by atoms with E-state index in [0.29, 0.717) is 19.6 Å². The monoisotopic (exact) mass is 258 g/mol. The molecule has 0 aliphatic carbocycles. The highest BCUT2D eigenvalue weighted by molar-refractivity contribution is 5.76. The molecule has 0 saturated carbocycles. The van der Waals surface area contributed by atoms with Crippen LogP contribution >= 0.6 is 0 Å². The first-order chi connectivity index (χ1) is 8.69. The summed E-state index contributed by atoms with van der Waals surface area (Å²) in [5.74, 6) is 0.178. The van der Waals surface area contributed by atoms with Crippen molar-refractivity contribution in [2.45, 2.75) is 51.2 Å². The van der Waals surface area contributed by atoms with Crippen molar-refractivity contribution in [1.29, 1.82) is 0 Å². The molecular formula is C13H26N2O3.